The first kappa shape index (κ1) is 29.3. The molecule has 5 aromatic carbocycles. The molecule has 0 spiro atoms. The normalized spacial score (nSPS) is 11.4. The van der Waals surface area contributed by atoms with E-state index in [4.69, 9.17) is 0 Å². The van der Waals surface area contributed by atoms with Gasteiger partial charge < -0.3 is 0 Å². The third-order valence-electron chi connectivity index (χ3n) is 5.92. The summed E-state index contributed by atoms with van der Waals surface area (Å²) in [5, 5.41) is 0. The zero-order valence-electron chi connectivity index (χ0n) is 21.8. The number of benzene rings is 5. The molecule has 202 valence electrons. The first-order chi connectivity index (χ1) is 19.4. The first-order valence-electron chi connectivity index (χ1n) is 12.3. The predicted molar refractivity (Wildman–Crippen MR) is 174 cm³/mol. The van der Waals surface area contributed by atoms with Crippen LogP contribution in [0.2, 0.25) is 0 Å². The fourth-order valence-electron chi connectivity index (χ4n) is 3.78. The Morgan fingerprint density at radius 2 is 0.550 bits per heavy atom. The summed E-state index contributed by atoms with van der Waals surface area (Å²) in [6, 6.07) is 39.6. The van der Waals surface area contributed by atoms with Crippen molar-refractivity contribution < 1.29 is 8.42 Å². The van der Waals surface area contributed by atoms with Gasteiger partial charge >= 0.3 is 0 Å². The van der Waals surface area contributed by atoms with Crippen molar-refractivity contribution in [1.29, 1.82) is 0 Å². The fraction of sp³-hybridized carbons (Fsp3) is 0.0625. The molecule has 0 fully saturated rings. The molecular weight excluding hydrogens is 609 g/mol. The number of hydrogen-bond acceptors (Lipinski definition) is 7. The molecule has 0 unspecified atom stereocenters. The van der Waals surface area contributed by atoms with Crippen LogP contribution in [-0.4, -0.2) is 20.9 Å². The molecule has 2 nitrogen and oxygen atoms in total. The van der Waals surface area contributed by atoms with Gasteiger partial charge in [0.2, 0.25) is 9.84 Å². The van der Waals surface area contributed by atoms with Crippen molar-refractivity contribution in [2.24, 2.45) is 0 Å². The van der Waals surface area contributed by atoms with E-state index < -0.39 is 9.84 Å². The zero-order chi connectivity index (χ0) is 28.0. The van der Waals surface area contributed by atoms with Crippen molar-refractivity contribution >= 4 is 68.6 Å². The molecule has 5 rings (SSSR count). The molecule has 0 aliphatic rings. The maximum atomic E-state index is 13.2. The first-order valence-corrected chi connectivity index (χ1v) is 18.7. The smallest absolute Gasteiger partial charge is 0.206 e. The molecule has 0 saturated carbocycles. The summed E-state index contributed by atoms with van der Waals surface area (Å²) in [6.07, 6.45) is 4.14. The maximum absolute atomic E-state index is 13.2. The van der Waals surface area contributed by atoms with Gasteiger partial charge in [-0.25, -0.2) is 8.42 Å². The van der Waals surface area contributed by atoms with Crippen molar-refractivity contribution in [3.8, 4) is 0 Å². The number of hydrogen-bond donors (Lipinski definition) is 0. The van der Waals surface area contributed by atoms with Gasteiger partial charge in [-0.1, -0.05) is 35.3 Å². The van der Waals surface area contributed by atoms with Crippen molar-refractivity contribution in [2.45, 2.75) is 49.0 Å². The summed E-state index contributed by atoms with van der Waals surface area (Å²) in [7, 11) is -3.59. The van der Waals surface area contributed by atoms with Gasteiger partial charge in [0, 0.05) is 39.2 Å². The van der Waals surface area contributed by atoms with Crippen LogP contribution in [0.3, 0.4) is 0 Å². The van der Waals surface area contributed by atoms with E-state index >= 15 is 0 Å². The summed E-state index contributed by atoms with van der Waals surface area (Å²) in [4.78, 5) is 9.68. The SMILES string of the molecule is CSc1ccc(Sc2ccc(Sc3ccc(S(=O)(=O)c4ccc(Sc5ccc(SC)cc5)cc4)cc3)cc2)cc1. The van der Waals surface area contributed by atoms with Gasteiger partial charge in [-0.2, -0.15) is 0 Å². The van der Waals surface area contributed by atoms with Crippen LogP contribution in [-0.2, 0) is 9.84 Å². The molecule has 0 aliphatic heterocycles. The Bertz CT molecular complexity index is 1650. The van der Waals surface area contributed by atoms with Crippen molar-refractivity contribution in [2.75, 3.05) is 12.5 Å². The monoisotopic (exact) mass is 634 g/mol. The van der Waals surface area contributed by atoms with E-state index in [0.29, 0.717) is 9.79 Å². The Labute approximate surface area is 258 Å². The Hall–Kier alpha value is -2.20. The van der Waals surface area contributed by atoms with E-state index in [9.17, 15) is 8.42 Å². The average Bonchev–Trinajstić information content (AvgIpc) is 2.99. The van der Waals surface area contributed by atoms with Gasteiger partial charge in [-0.15, -0.1) is 23.5 Å². The lowest BCUT2D eigenvalue weighted by Gasteiger charge is -2.08. The van der Waals surface area contributed by atoms with E-state index in [-0.39, 0.29) is 0 Å². The minimum Gasteiger partial charge on any atom is -0.219 e. The molecule has 40 heavy (non-hydrogen) atoms. The lowest BCUT2D eigenvalue weighted by molar-refractivity contribution is 0.596. The molecule has 0 heterocycles. The molecular formula is C32H26O2S6. The third kappa shape index (κ3) is 7.55. The highest BCUT2D eigenvalue weighted by Crippen LogP contribution is 2.34. The van der Waals surface area contributed by atoms with Crippen LogP contribution in [0.25, 0.3) is 0 Å². The van der Waals surface area contributed by atoms with Crippen LogP contribution in [0.5, 0.6) is 0 Å². The molecule has 0 amide bonds. The Kier molecular flexibility index (Phi) is 9.99. The molecule has 5 aromatic rings. The lowest BCUT2D eigenvalue weighted by atomic mass is 10.3. The third-order valence-corrected chi connectivity index (χ3v) is 12.2. The second-order valence-corrected chi connectivity index (χ2v) is 15.7. The second kappa shape index (κ2) is 13.6. The Balaban J connectivity index is 1.20. The Morgan fingerprint density at radius 3 is 0.775 bits per heavy atom. The van der Waals surface area contributed by atoms with Crippen LogP contribution in [0, 0.1) is 0 Å². The highest BCUT2D eigenvalue weighted by molar-refractivity contribution is 8.00. The van der Waals surface area contributed by atoms with Crippen LogP contribution < -0.4 is 0 Å². The quantitative estimate of drug-likeness (QED) is 0.141. The fourth-order valence-corrected chi connectivity index (χ4v) is 8.31. The lowest BCUT2D eigenvalue weighted by Crippen LogP contribution is -2.01. The highest BCUT2D eigenvalue weighted by atomic mass is 32.2. The molecule has 0 bridgehead atoms. The van der Waals surface area contributed by atoms with Crippen molar-refractivity contribution in [3.63, 3.8) is 0 Å². The van der Waals surface area contributed by atoms with Gasteiger partial charge in [0.05, 0.1) is 9.79 Å². The van der Waals surface area contributed by atoms with Crippen LogP contribution in [0.4, 0.5) is 0 Å². The van der Waals surface area contributed by atoms with E-state index in [0.717, 1.165) is 19.6 Å². The topological polar surface area (TPSA) is 34.1 Å². The minimum absolute atomic E-state index is 0.296. The van der Waals surface area contributed by atoms with Gasteiger partial charge in [-0.05, 0) is 134 Å². The number of thioether (sulfide) groups is 2. The van der Waals surface area contributed by atoms with Gasteiger partial charge in [0.25, 0.3) is 0 Å². The Morgan fingerprint density at radius 1 is 0.350 bits per heavy atom. The summed E-state index contributed by atoms with van der Waals surface area (Å²) in [6.45, 7) is 0. The second-order valence-electron chi connectivity index (χ2n) is 8.57. The largest absolute Gasteiger partial charge is 0.219 e. The number of rotatable bonds is 10. The maximum Gasteiger partial charge on any atom is 0.206 e. The van der Waals surface area contributed by atoms with Gasteiger partial charge in [0.1, 0.15) is 0 Å². The molecule has 0 saturated heterocycles. The summed E-state index contributed by atoms with van der Waals surface area (Å²) >= 11 is 8.43. The van der Waals surface area contributed by atoms with Crippen LogP contribution in [0.15, 0.2) is 170 Å². The van der Waals surface area contributed by atoms with E-state index in [2.05, 4.69) is 85.3 Å². The highest BCUT2D eigenvalue weighted by Gasteiger charge is 2.17. The van der Waals surface area contributed by atoms with Crippen molar-refractivity contribution in [3.05, 3.63) is 121 Å². The van der Waals surface area contributed by atoms with Crippen LogP contribution in [0.1, 0.15) is 0 Å². The molecule has 0 N–H and O–H groups in total. The molecule has 0 aromatic heterocycles. The summed E-state index contributed by atoms with van der Waals surface area (Å²) in [5.74, 6) is 0. The predicted octanol–water partition coefficient (Wildman–Crippen LogP) is 10.4. The summed E-state index contributed by atoms with van der Waals surface area (Å²) in [5.41, 5.74) is 0. The van der Waals surface area contributed by atoms with Gasteiger partial charge in [0.15, 0.2) is 0 Å². The molecule has 0 radical (unpaired) electrons. The van der Waals surface area contributed by atoms with E-state index in [1.165, 1.54) is 19.6 Å². The summed E-state index contributed by atoms with van der Waals surface area (Å²) < 4.78 is 26.5. The van der Waals surface area contributed by atoms with E-state index in [1.807, 2.05) is 24.3 Å². The van der Waals surface area contributed by atoms with Crippen LogP contribution >= 0.6 is 58.8 Å². The molecule has 8 heteroatoms. The average molecular weight is 635 g/mol. The zero-order valence-corrected chi connectivity index (χ0v) is 26.7. The number of sulfone groups is 1. The van der Waals surface area contributed by atoms with Gasteiger partial charge in [-0.3, -0.25) is 0 Å². The minimum atomic E-state index is -3.59. The van der Waals surface area contributed by atoms with Crippen molar-refractivity contribution in [1.82, 2.24) is 0 Å². The standard InChI is InChI=1S/C32H26O2S6/c1-35-23-3-7-25(8-4-23)37-27-11-13-28(14-12-27)39-30-17-21-32(22-18-30)40(33,34)31-19-15-29(16-20-31)38-26-9-5-24(36-2)6-10-26/h3-22H,1-2H3. The molecule has 0 atom stereocenters. The molecule has 0 aliphatic carbocycles. The van der Waals surface area contributed by atoms with E-state index in [1.54, 1.807) is 83.1 Å².